The van der Waals surface area contributed by atoms with Crippen molar-refractivity contribution in [2.24, 2.45) is 0 Å². The molecule has 76 valence electrons. The lowest BCUT2D eigenvalue weighted by atomic mass is 9.96. The quantitative estimate of drug-likeness (QED) is 0.767. The van der Waals surface area contributed by atoms with Crippen molar-refractivity contribution in [2.45, 2.75) is 13.8 Å². The first-order valence-electron chi connectivity index (χ1n) is 4.83. The van der Waals surface area contributed by atoms with Gasteiger partial charge in [-0.1, -0.05) is 30.3 Å². The molecule has 0 amide bonds. The van der Waals surface area contributed by atoms with Crippen LogP contribution in [0.25, 0.3) is 10.8 Å². The number of fused-ring (bicyclic) bond motifs is 1. The maximum Gasteiger partial charge on any atom is 0.336 e. The maximum atomic E-state index is 11.1. The summed E-state index contributed by atoms with van der Waals surface area (Å²) in [5, 5.41) is 11.2. The fourth-order valence-corrected chi connectivity index (χ4v) is 2.03. The van der Waals surface area contributed by atoms with Crippen LogP contribution in [-0.2, 0) is 0 Å². The van der Waals surface area contributed by atoms with E-state index in [1.54, 1.807) is 0 Å². The Morgan fingerprint density at radius 2 is 1.87 bits per heavy atom. The van der Waals surface area contributed by atoms with Crippen molar-refractivity contribution in [2.75, 3.05) is 0 Å². The Morgan fingerprint density at radius 3 is 2.53 bits per heavy atom. The predicted molar refractivity (Wildman–Crippen MR) is 60.4 cm³/mol. The number of carboxylic acid groups (broad SMARTS) is 1. The average molecular weight is 200 g/mol. The van der Waals surface area contributed by atoms with Gasteiger partial charge in [-0.15, -0.1) is 0 Å². The highest BCUT2D eigenvalue weighted by atomic mass is 16.4. The van der Waals surface area contributed by atoms with Crippen molar-refractivity contribution in [3.63, 3.8) is 0 Å². The molecule has 0 saturated heterocycles. The molecule has 0 spiro atoms. The monoisotopic (exact) mass is 200 g/mol. The third-order valence-corrected chi connectivity index (χ3v) is 2.72. The van der Waals surface area contributed by atoms with Crippen molar-refractivity contribution in [1.29, 1.82) is 0 Å². The standard InChI is InChI=1S/C13H12O2/c1-8-7-10-5-3-4-6-11(10)9(2)12(8)13(14)15/h3-7H,1-2H3,(H,14,15). The van der Waals surface area contributed by atoms with E-state index in [0.29, 0.717) is 5.56 Å². The van der Waals surface area contributed by atoms with E-state index in [2.05, 4.69) is 0 Å². The molecule has 0 atom stereocenters. The van der Waals surface area contributed by atoms with E-state index in [1.807, 2.05) is 44.2 Å². The van der Waals surface area contributed by atoms with Gasteiger partial charge in [0, 0.05) is 0 Å². The minimum atomic E-state index is -0.851. The number of hydrogen-bond acceptors (Lipinski definition) is 1. The Kier molecular flexibility index (Phi) is 2.19. The van der Waals surface area contributed by atoms with E-state index < -0.39 is 5.97 Å². The first-order valence-corrected chi connectivity index (χ1v) is 4.83. The van der Waals surface area contributed by atoms with Gasteiger partial charge in [-0.3, -0.25) is 0 Å². The van der Waals surface area contributed by atoms with Crippen molar-refractivity contribution in [3.8, 4) is 0 Å². The van der Waals surface area contributed by atoms with Crippen molar-refractivity contribution in [1.82, 2.24) is 0 Å². The smallest absolute Gasteiger partial charge is 0.336 e. The van der Waals surface area contributed by atoms with Crippen LogP contribution in [0.1, 0.15) is 21.5 Å². The average Bonchev–Trinajstić information content (AvgIpc) is 2.17. The summed E-state index contributed by atoms with van der Waals surface area (Å²) in [5.74, 6) is -0.851. The van der Waals surface area contributed by atoms with Crippen LogP contribution in [0.2, 0.25) is 0 Å². The molecule has 0 unspecified atom stereocenters. The summed E-state index contributed by atoms with van der Waals surface area (Å²) in [7, 11) is 0. The molecule has 1 N–H and O–H groups in total. The normalized spacial score (nSPS) is 10.5. The molecule has 2 nitrogen and oxygen atoms in total. The number of rotatable bonds is 1. The second-order valence-corrected chi connectivity index (χ2v) is 3.72. The summed E-state index contributed by atoms with van der Waals surface area (Å²) in [5.41, 5.74) is 2.09. The van der Waals surface area contributed by atoms with Gasteiger partial charge in [-0.25, -0.2) is 4.79 Å². The van der Waals surface area contributed by atoms with Crippen molar-refractivity contribution >= 4 is 16.7 Å². The van der Waals surface area contributed by atoms with Gasteiger partial charge in [0.2, 0.25) is 0 Å². The van der Waals surface area contributed by atoms with E-state index in [1.165, 1.54) is 0 Å². The minimum Gasteiger partial charge on any atom is -0.478 e. The van der Waals surface area contributed by atoms with E-state index in [9.17, 15) is 4.79 Å². The number of benzene rings is 2. The van der Waals surface area contributed by atoms with Crippen LogP contribution in [0.4, 0.5) is 0 Å². The molecular weight excluding hydrogens is 188 g/mol. The Bertz CT molecular complexity index is 541. The molecule has 0 saturated carbocycles. The Hall–Kier alpha value is -1.83. The van der Waals surface area contributed by atoms with Crippen LogP contribution in [0.5, 0.6) is 0 Å². The third kappa shape index (κ3) is 1.48. The van der Waals surface area contributed by atoms with Crippen molar-refractivity contribution in [3.05, 3.63) is 47.0 Å². The van der Waals surface area contributed by atoms with Gasteiger partial charge < -0.3 is 5.11 Å². The molecule has 0 heterocycles. The van der Waals surface area contributed by atoms with Crippen LogP contribution in [0.3, 0.4) is 0 Å². The molecule has 0 bridgehead atoms. The van der Waals surface area contributed by atoms with Gasteiger partial charge >= 0.3 is 5.97 Å². The Balaban J connectivity index is 2.90. The molecule has 0 aliphatic rings. The molecule has 0 aliphatic heterocycles. The molecule has 2 aromatic carbocycles. The number of carbonyl (C=O) groups is 1. The molecule has 0 aliphatic carbocycles. The summed E-state index contributed by atoms with van der Waals surface area (Å²) in [6.45, 7) is 3.70. The van der Waals surface area contributed by atoms with Crippen LogP contribution >= 0.6 is 0 Å². The molecule has 2 aromatic rings. The molecule has 15 heavy (non-hydrogen) atoms. The van der Waals surface area contributed by atoms with E-state index in [4.69, 9.17) is 5.11 Å². The zero-order valence-corrected chi connectivity index (χ0v) is 8.74. The van der Waals surface area contributed by atoms with Gasteiger partial charge in [0.25, 0.3) is 0 Å². The molecule has 2 rings (SSSR count). The van der Waals surface area contributed by atoms with Gasteiger partial charge in [-0.05, 0) is 35.7 Å². The highest BCUT2D eigenvalue weighted by Crippen LogP contribution is 2.24. The first kappa shape index (κ1) is 9.71. The van der Waals surface area contributed by atoms with Crippen LogP contribution in [0, 0.1) is 13.8 Å². The minimum absolute atomic E-state index is 0.425. The lowest BCUT2D eigenvalue weighted by Gasteiger charge is -2.09. The van der Waals surface area contributed by atoms with E-state index in [0.717, 1.165) is 21.9 Å². The number of hydrogen-bond donors (Lipinski definition) is 1. The zero-order valence-electron chi connectivity index (χ0n) is 8.74. The first-order chi connectivity index (χ1) is 7.11. The van der Waals surface area contributed by atoms with Gasteiger partial charge in [0.1, 0.15) is 0 Å². The molecular formula is C13H12O2. The maximum absolute atomic E-state index is 11.1. The number of carboxylic acids is 1. The third-order valence-electron chi connectivity index (χ3n) is 2.72. The second-order valence-electron chi connectivity index (χ2n) is 3.72. The largest absolute Gasteiger partial charge is 0.478 e. The lowest BCUT2D eigenvalue weighted by molar-refractivity contribution is 0.0695. The van der Waals surface area contributed by atoms with Crippen molar-refractivity contribution < 1.29 is 9.90 Å². The summed E-state index contributed by atoms with van der Waals surface area (Å²) in [6.07, 6.45) is 0. The molecule has 2 heteroatoms. The van der Waals surface area contributed by atoms with Gasteiger partial charge in [0.15, 0.2) is 0 Å². The Labute approximate surface area is 88.2 Å². The molecule has 0 radical (unpaired) electrons. The molecule has 0 fully saturated rings. The topological polar surface area (TPSA) is 37.3 Å². The van der Waals surface area contributed by atoms with Crippen LogP contribution in [0.15, 0.2) is 30.3 Å². The summed E-state index contributed by atoms with van der Waals surface area (Å²) in [6, 6.07) is 9.77. The fourth-order valence-electron chi connectivity index (χ4n) is 2.03. The molecule has 0 aromatic heterocycles. The highest BCUT2D eigenvalue weighted by molar-refractivity contribution is 5.99. The van der Waals surface area contributed by atoms with Gasteiger partial charge in [-0.2, -0.15) is 0 Å². The summed E-state index contributed by atoms with van der Waals surface area (Å²) in [4.78, 5) is 11.1. The van der Waals surface area contributed by atoms with Crippen LogP contribution < -0.4 is 0 Å². The highest BCUT2D eigenvalue weighted by Gasteiger charge is 2.12. The Morgan fingerprint density at radius 1 is 1.20 bits per heavy atom. The summed E-state index contributed by atoms with van der Waals surface area (Å²) < 4.78 is 0. The predicted octanol–water partition coefficient (Wildman–Crippen LogP) is 3.15. The fraction of sp³-hybridized carbons (Fsp3) is 0.154. The SMILES string of the molecule is Cc1cc2ccccc2c(C)c1C(=O)O. The number of aromatic carboxylic acids is 1. The van der Waals surface area contributed by atoms with Gasteiger partial charge in [0.05, 0.1) is 5.56 Å². The second kappa shape index (κ2) is 3.39. The summed E-state index contributed by atoms with van der Waals surface area (Å²) >= 11 is 0. The number of aryl methyl sites for hydroxylation is 2. The van der Waals surface area contributed by atoms with Crippen LogP contribution in [-0.4, -0.2) is 11.1 Å². The van der Waals surface area contributed by atoms with E-state index >= 15 is 0 Å². The zero-order chi connectivity index (χ0) is 11.0. The lowest BCUT2D eigenvalue weighted by Crippen LogP contribution is -2.03. The van der Waals surface area contributed by atoms with E-state index in [-0.39, 0.29) is 0 Å².